The van der Waals surface area contributed by atoms with Crippen molar-refractivity contribution < 1.29 is 14.1 Å². The molecule has 19 heavy (non-hydrogen) atoms. The second kappa shape index (κ2) is 4.97. The largest absolute Gasteiger partial charge is 0.298 e. The SMILES string of the molecule is Cc1cccc(-c2ccc(C=O)cc2[N+](=O)[O-])c1F. The summed E-state index contributed by atoms with van der Waals surface area (Å²) in [6, 6.07) is 8.65. The van der Waals surface area contributed by atoms with Crippen molar-refractivity contribution in [2.24, 2.45) is 0 Å². The van der Waals surface area contributed by atoms with Crippen LogP contribution in [0.3, 0.4) is 0 Å². The third kappa shape index (κ3) is 2.35. The molecule has 0 radical (unpaired) electrons. The van der Waals surface area contributed by atoms with Crippen molar-refractivity contribution in [2.75, 3.05) is 0 Å². The topological polar surface area (TPSA) is 60.2 Å². The van der Waals surface area contributed by atoms with E-state index in [4.69, 9.17) is 0 Å². The Balaban J connectivity index is 2.71. The molecular formula is C14H10FNO3. The Kier molecular flexibility index (Phi) is 3.37. The van der Waals surface area contributed by atoms with Gasteiger partial charge in [-0.15, -0.1) is 0 Å². The number of nitro benzene ring substituents is 1. The van der Waals surface area contributed by atoms with Crippen molar-refractivity contribution in [1.29, 1.82) is 0 Å². The standard InChI is InChI=1S/C14H10FNO3/c1-9-3-2-4-12(14(9)15)11-6-5-10(8-17)7-13(11)16(18)19/h2-8H,1H3. The Morgan fingerprint density at radius 1 is 1.21 bits per heavy atom. The van der Waals surface area contributed by atoms with Crippen molar-refractivity contribution in [3.05, 3.63) is 63.5 Å². The minimum absolute atomic E-state index is 0.157. The zero-order chi connectivity index (χ0) is 14.0. The zero-order valence-electron chi connectivity index (χ0n) is 10.1. The van der Waals surface area contributed by atoms with E-state index < -0.39 is 10.7 Å². The van der Waals surface area contributed by atoms with E-state index in [0.717, 1.165) is 6.07 Å². The lowest BCUT2D eigenvalue weighted by Gasteiger charge is -2.07. The number of halogens is 1. The van der Waals surface area contributed by atoms with E-state index in [9.17, 15) is 19.3 Å². The van der Waals surface area contributed by atoms with Gasteiger partial charge in [0.05, 0.1) is 10.5 Å². The van der Waals surface area contributed by atoms with Crippen LogP contribution in [0.2, 0.25) is 0 Å². The van der Waals surface area contributed by atoms with Crippen LogP contribution in [-0.2, 0) is 0 Å². The summed E-state index contributed by atoms with van der Waals surface area (Å²) in [5, 5.41) is 11.0. The molecule has 0 aliphatic rings. The Morgan fingerprint density at radius 3 is 2.58 bits per heavy atom. The number of aldehydes is 1. The summed E-state index contributed by atoms with van der Waals surface area (Å²) in [7, 11) is 0. The fourth-order valence-electron chi connectivity index (χ4n) is 1.86. The van der Waals surface area contributed by atoms with Crippen LogP contribution in [0.25, 0.3) is 11.1 Å². The van der Waals surface area contributed by atoms with Gasteiger partial charge in [-0.05, 0) is 18.6 Å². The normalized spacial score (nSPS) is 10.2. The van der Waals surface area contributed by atoms with Gasteiger partial charge in [-0.1, -0.05) is 24.3 Å². The van der Waals surface area contributed by atoms with Crippen molar-refractivity contribution in [3.63, 3.8) is 0 Å². The van der Waals surface area contributed by atoms with Gasteiger partial charge < -0.3 is 0 Å². The second-order valence-electron chi connectivity index (χ2n) is 4.09. The molecule has 0 aromatic heterocycles. The summed E-state index contributed by atoms with van der Waals surface area (Å²) in [4.78, 5) is 21.1. The van der Waals surface area contributed by atoms with Crippen LogP contribution in [0.1, 0.15) is 15.9 Å². The highest BCUT2D eigenvalue weighted by molar-refractivity contribution is 5.82. The molecule has 0 bridgehead atoms. The van der Waals surface area contributed by atoms with Gasteiger partial charge in [0.2, 0.25) is 0 Å². The van der Waals surface area contributed by atoms with Crippen LogP contribution in [0.4, 0.5) is 10.1 Å². The van der Waals surface area contributed by atoms with Gasteiger partial charge in [0.15, 0.2) is 0 Å². The number of hydrogen-bond donors (Lipinski definition) is 0. The first-order chi connectivity index (χ1) is 9.04. The van der Waals surface area contributed by atoms with Crippen LogP contribution in [0.5, 0.6) is 0 Å². The third-order valence-corrected chi connectivity index (χ3v) is 2.84. The van der Waals surface area contributed by atoms with Crippen molar-refractivity contribution >= 4 is 12.0 Å². The highest BCUT2D eigenvalue weighted by atomic mass is 19.1. The highest BCUT2D eigenvalue weighted by Gasteiger charge is 2.19. The van der Waals surface area contributed by atoms with Crippen molar-refractivity contribution in [3.8, 4) is 11.1 Å². The first kappa shape index (κ1) is 12.9. The number of hydrogen-bond acceptors (Lipinski definition) is 3. The first-order valence-corrected chi connectivity index (χ1v) is 5.53. The van der Waals surface area contributed by atoms with Crippen molar-refractivity contribution in [2.45, 2.75) is 6.92 Å². The lowest BCUT2D eigenvalue weighted by Crippen LogP contribution is -1.96. The smallest absolute Gasteiger partial charge is 0.278 e. The fourth-order valence-corrected chi connectivity index (χ4v) is 1.86. The molecule has 0 atom stereocenters. The average Bonchev–Trinajstić information content (AvgIpc) is 2.41. The lowest BCUT2D eigenvalue weighted by molar-refractivity contribution is -0.384. The summed E-state index contributed by atoms with van der Waals surface area (Å²) in [6.45, 7) is 1.59. The fraction of sp³-hybridized carbons (Fsp3) is 0.0714. The predicted octanol–water partition coefficient (Wildman–Crippen LogP) is 3.52. The molecular weight excluding hydrogens is 249 g/mol. The molecule has 0 fully saturated rings. The van der Waals surface area contributed by atoms with Crippen LogP contribution in [-0.4, -0.2) is 11.2 Å². The molecule has 0 unspecified atom stereocenters. The maximum absolute atomic E-state index is 14.0. The Bertz CT molecular complexity index is 668. The molecule has 0 saturated carbocycles. The van der Waals surface area contributed by atoms with Crippen LogP contribution in [0, 0.1) is 22.9 Å². The van der Waals surface area contributed by atoms with E-state index in [2.05, 4.69) is 0 Å². The van der Waals surface area contributed by atoms with Gasteiger partial charge >= 0.3 is 0 Å². The molecule has 2 aromatic rings. The van der Waals surface area contributed by atoms with Gasteiger partial charge in [-0.3, -0.25) is 14.9 Å². The van der Waals surface area contributed by atoms with Gasteiger partial charge in [-0.25, -0.2) is 4.39 Å². The van der Waals surface area contributed by atoms with Gasteiger partial charge in [0.25, 0.3) is 5.69 Å². The monoisotopic (exact) mass is 259 g/mol. The Hall–Kier alpha value is -2.56. The summed E-state index contributed by atoms with van der Waals surface area (Å²) in [5.74, 6) is -0.496. The van der Waals surface area contributed by atoms with E-state index in [1.807, 2.05) is 0 Å². The molecule has 2 rings (SSSR count). The number of benzene rings is 2. The van der Waals surface area contributed by atoms with Crippen LogP contribution in [0.15, 0.2) is 36.4 Å². The second-order valence-corrected chi connectivity index (χ2v) is 4.09. The Labute approximate surface area is 108 Å². The van der Waals surface area contributed by atoms with E-state index >= 15 is 0 Å². The molecule has 2 aromatic carbocycles. The number of rotatable bonds is 3. The average molecular weight is 259 g/mol. The molecule has 0 aliphatic heterocycles. The lowest BCUT2D eigenvalue weighted by atomic mass is 9.99. The summed E-state index contributed by atoms with van der Waals surface area (Å²) < 4.78 is 14.0. The van der Waals surface area contributed by atoms with Gasteiger partial charge in [0.1, 0.15) is 12.1 Å². The minimum atomic E-state index is -0.621. The molecule has 0 amide bonds. The molecule has 96 valence electrons. The third-order valence-electron chi connectivity index (χ3n) is 2.84. The molecule has 0 spiro atoms. The van der Waals surface area contributed by atoms with Gasteiger partial charge in [-0.2, -0.15) is 0 Å². The molecule has 0 saturated heterocycles. The summed E-state index contributed by atoms with van der Waals surface area (Å²) >= 11 is 0. The quantitative estimate of drug-likeness (QED) is 0.481. The van der Waals surface area contributed by atoms with E-state index in [1.165, 1.54) is 18.2 Å². The highest BCUT2D eigenvalue weighted by Crippen LogP contribution is 2.33. The molecule has 5 heteroatoms. The van der Waals surface area contributed by atoms with E-state index in [-0.39, 0.29) is 22.4 Å². The number of aryl methyl sites for hydroxylation is 1. The molecule has 4 nitrogen and oxygen atoms in total. The maximum Gasteiger partial charge on any atom is 0.278 e. The van der Waals surface area contributed by atoms with Crippen LogP contribution < -0.4 is 0 Å². The predicted molar refractivity (Wildman–Crippen MR) is 68.6 cm³/mol. The summed E-state index contributed by atoms with van der Waals surface area (Å²) in [6.07, 6.45) is 0.517. The molecule has 0 heterocycles. The Morgan fingerprint density at radius 2 is 1.95 bits per heavy atom. The number of nitrogens with zero attached hydrogens (tertiary/aromatic N) is 1. The first-order valence-electron chi connectivity index (χ1n) is 5.53. The summed E-state index contributed by atoms with van der Waals surface area (Å²) in [5.41, 5.74) is 0.629. The van der Waals surface area contributed by atoms with Crippen LogP contribution >= 0.6 is 0 Å². The zero-order valence-corrected chi connectivity index (χ0v) is 10.1. The number of carbonyl (C=O) groups excluding carboxylic acids is 1. The molecule has 0 aliphatic carbocycles. The number of nitro groups is 1. The van der Waals surface area contributed by atoms with Gasteiger partial charge in [0, 0.05) is 17.2 Å². The maximum atomic E-state index is 14.0. The number of carbonyl (C=O) groups is 1. The van der Waals surface area contributed by atoms with E-state index in [1.54, 1.807) is 19.1 Å². The van der Waals surface area contributed by atoms with E-state index in [0.29, 0.717) is 11.8 Å². The van der Waals surface area contributed by atoms with Crippen molar-refractivity contribution in [1.82, 2.24) is 0 Å². The minimum Gasteiger partial charge on any atom is -0.298 e. The molecule has 0 N–H and O–H groups in total.